The lowest BCUT2D eigenvalue weighted by molar-refractivity contribution is -0.0268. The number of hydrogen-bond donors (Lipinski definition) is 1. The van der Waals surface area contributed by atoms with Gasteiger partial charge in [-0.15, -0.1) is 0 Å². The predicted octanol–water partition coefficient (Wildman–Crippen LogP) is 0.419. The normalized spacial score (nSPS) is 16.8. The van der Waals surface area contributed by atoms with Crippen LogP contribution in [0.5, 0.6) is 0 Å². The third-order valence-electron chi connectivity index (χ3n) is 1.02. The highest BCUT2D eigenvalue weighted by atomic mass is 16.5. The van der Waals surface area contributed by atoms with E-state index in [9.17, 15) is 0 Å². The maximum atomic E-state index is 8.80. The number of hydrogen-bond acceptors (Lipinski definition) is 3. The molecule has 0 aromatic heterocycles. The average Bonchev–Trinajstić information content (AvgIpc) is 1.85. The molecule has 3 heteroatoms. The van der Waals surface area contributed by atoms with Crippen LogP contribution in [0.1, 0.15) is 13.8 Å². The molecule has 0 aliphatic heterocycles. The van der Waals surface area contributed by atoms with E-state index in [4.69, 9.17) is 14.6 Å². The van der Waals surface area contributed by atoms with Crippen molar-refractivity contribution in [3.8, 4) is 0 Å². The molecule has 0 aromatic rings. The summed E-state index contributed by atoms with van der Waals surface area (Å²) in [6, 6.07) is 0. The first-order valence-electron chi connectivity index (χ1n) is 3.45. The van der Waals surface area contributed by atoms with Crippen LogP contribution in [0.15, 0.2) is 0 Å². The van der Waals surface area contributed by atoms with Gasteiger partial charge in [-0.3, -0.25) is 0 Å². The number of methoxy groups -OCH3 is 1. The zero-order valence-electron chi connectivity index (χ0n) is 6.83. The fourth-order valence-electron chi connectivity index (χ4n) is 0.586. The van der Waals surface area contributed by atoms with Gasteiger partial charge in [0.1, 0.15) is 0 Å². The molecule has 0 radical (unpaired) electrons. The van der Waals surface area contributed by atoms with E-state index in [0.29, 0.717) is 13.2 Å². The van der Waals surface area contributed by atoms with Crippen molar-refractivity contribution in [1.29, 1.82) is 0 Å². The highest BCUT2D eigenvalue weighted by molar-refractivity contribution is 4.48. The summed E-state index contributed by atoms with van der Waals surface area (Å²) in [6.45, 7) is 4.56. The van der Waals surface area contributed by atoms with Gasteiger partial charge in [-0.05, 0) is 13.8 Å². The van der Waals surface area contributed by atoms with Crippen LogP contribution in [0.3, 0.4) is 0 Å². The minimum absolute atomic E-state index is 0.0691. The van der Waals surface area contributed by atoms with Gasteiger partial charge in [0.05, 0.1) is 25.4 Å². The van der Waals surface area contributed by atoms with Crippen molar-refractivity contribution < 1.29 is 14.6 Å². The summed E-state index contributed by atoms with van der Waals surface area (Å²) in [5.41, 5.74) is 0. The topological polar surface area (TPSA) is 38.7 Å². The van der Waals surface area contributed by atoms with Crippen LogP contribution in [0, 0.1) is 0 Å². The molecule has 10 heavy (non-hydrogen) atoms. The number of aliphatic hydroxyl groups excluding tert-OH is 1. The lowest BCUT2D eigenvalue weighted by Crippen LogP contribution is -2.20. The molecule has 0 aliphatic rings. The molecule has 0 rings (SSSR count). The molecule has 0 fully saturated rings. The van der Waals surface area contributed by atoms with Crippen LogP contribution >= 0.6 is 0 Å². The molecule has 0 saturated heterocycles. The molecule has 0 bridgehead atoms. The lowest BCUT2D eigenvalue weighted by atomic mass is 10.4. The second-order valence-corrected chi connectivity index (χ2v) is 2.45. The highest BCUT2D eigenvalue weighted by Gasteiger charge is 2.02. The summed E-state index contributed by atoms with van der Waals surface area (Å²) in [6.07, 6.45) is -0.320. The van der Waals surface area contributed by atoms with Crippen molar-refractivity contribution >= 4 is 0 Å². The SMILES string of the molecule is COCC(C)OC[C@@H](C)O. The number of rotatable bonds is 5. The molecule has 0 heterocycles. The molecule has 1 unspecified atom stereocenters. The first-order chi connectivity index (χ1) is 4.66. The molecule has 1 N–H and O–H groups in total. The van der Waals surface area contributed by atoms with Gasteiger partial charge in [-0.25, -0.2) is 0 Å². The van der Waals surface area contributed by atoms with Crippen LogP contribution in [-0.2, 0) is 9.47 Å². The van der Waals surface area contributed by atoms with E-state index < -0.39 is 0 Å². The Labute approximate surface area is 62.0 Å². The van der Waals surface area contributed by atoms with Gasteiger partial charge < -0.3 is 14.6 Å². The first kappa shape index (κ1) is 9.88. The summed E-state index contributed by atoms with van der Waals surface area (Å²) >= 11 is 0. The Bertz CT molecular complexity index is 73.3. The largest absolute Gasteiger partial charge is 0.391 e. The minimum Gasteiger partial charge on any atom is -0.391 e. The molecule has 0 aliphatic carbocycles. The zero-order chi connectivity index (χ0) is 7.98. The Morgan fingerprint density at radius 1 is 1.30 bits per heavy atom. The zero-order valence-corrected chi connectivity index (χ0v) is 6.83. The molecular weight excluding hydrogens is 132 g/mol. The molecule has 0 saturated carbocycles. The Balaban J connectivity index is 3.12. The van der Waals surface area contributed by atoms with E-state index in [2.05, 4.69) is 0 Å². The Hall–Kier alpha value is -0.120. The monoisotopic (exact) mass is 148 g/mol. The van der Waals surface area contributed by atoms with Crippen molar-refractivity contribution in [1.82, 2.24) is 0 Å². The van der Waals surface area contributed by atoms with Crippen LogP contribution in [0.25, 0.3) is 0 Å². The molecule has 0 aromatic carbocycles. The summed E-state index contributed by atoms with van der Waals surface area (Å²) < 4.78 is 10.00. The van der Waals surface area contributed by atoms with Crippen molar-refractivity contribution in [2.45, 2.75) is 26.1 Å². The molecule has 2 atom stereocenters. The predicted molar refractivity (Wildman–Crippen MR) is 39.0 cm³/mol. The summed E-state index contributed by atoms with van der Waals surface area (Å²) in [5.74, 6) is 0. The third kappa shape index (κ3) is 6.01. The standard InChI is InChI=1S/C7H16O3/c1-6(8)4-10-7(2)5-9-3/h6-8H,4-5H2,1-3H3/t6-,7?/m1/s1. The second-order valence-electron chi connectivity index (χ2n) is 2.45. The molecule has 3 nitrogen and oxygen atoms in total. The van der Waals surface area contributed by atoms with Crippen LogP contribution in [0.4, 0.5) is 0 Å². The molecule has 0 spiro atoms. The summed E-state index contributed by atoms with van der Waals surface area (Å²) in [7, 11) is 1.63. The third-order valence-corrected chi connectivity index (χ3v) is 1.02. The van der Waals surface area contributed by atoms with Gasteiger partial charge in [0.25, 0.3) is 0 Å². The van der Waals surface area contributed by atoms with E-state index in [0.717, 1.165) is 0 Å². The highest BCUT2D eigenvalue weighted by Crippen LogP contribution is 1.92. The van der Waals surface area contributed by atoms with Crippen LogP contribution in [0.2, 0.25) is 0 Å². The van der Waals surface area contributed by atoms with Gasteiger partial charge in [-0.1, -0.05) is 0 Å². The fourth-order valence-corrected chi connectivity index (χ4v) is 0.586. The van der Waals surface area contributed by atoms with Crippen molar-refractivity contribution in [2.24, 2.45) is 0 Å². The number of ether oxygens (including phenoxy) is 2. The fraction of sp³-hybridized carbons (Fsp3) is 1.00. The van der Waals surface area contributed by atoms with E-state index in [1.165, 1.54) is 0 Å². The summed E-state index contributed by atoms with van der Waals surface area (Å²) in [4.78, 5) is 0. The van der Waals surface area contributed by atoms with Gasteiger partial charge in [0, 0.05) is 7.11 Å². The van der Waals surface area contributed by atoms with Gasteiger partial charge in [0.15, 0.2) is 0 Å². The Morgan fingerprint density at radius 3 is 2.30 bits per heavy atom. The summed E-state index contributed by atoms with van der Waals surface area (Å²) in [5, 5.41) is 8.80. The Kier molecular flexibility index (Phi) is 5.58. The number of aliphatic hydroxyl groups is 1. The maximum Gasteiger partial charge on any atom is 0.0781 e. The Morgan fingerprint density at radius 2 is 1.90 bits per heavy atom. The quantitative estimate of drug-likeness (QED) is 0.614. The first-order valence-corrected chi connectivity index (χ1v) is 3.45. The lowest BCUT2D eigenvalue weighted by Gasteiger charge is -2.12. The molecular formula is C7H16O3. The average molecular weight is 148 g/mol. The second kappa shape index (κ2) is 5.65. The minimum atomic E-state index is -0.390. The van der Waals surface area contributed by atoms with Crippen molar-refractivity contribution in [3.05, 3.63) is 0 Å². The van der Waals surface area contributed by atoms with Crippen LogP contribution in [-0.4, -0.2) is 37.6 Å². The maximum absolute atomic E-state index is 8.80. The van der Waals surface area contributed by atoms with Crippen LogP contribution < -0.4 is 0 Å². The van der Waals surface area contributed by atoms with Crippen molar-refractivity contribution in [3.63, 3.8) is 0 Å². The van der Waals surface area contributed by atoms with E-state index in [1.54, 1.807) is 14.0 Å². The van der Waals surface area contributed by atoms with E-state index in [-0.39, 0.29) is 12.2 Å². The van der Waals surface area contributed by atoms with E-state index >= 15 is 0 Å². The van der Waals surface area contributed by atoms with Gasteiger partial charge in [-0.2, -0.15) is 0 Å². The molecule has 62 valence electrons. The van der Waals surface area contributed by atoms with Crippen molar-refractivity contribution in [2.75, 3.05) is 20.3 Å². The van der Waals surface area contributed by atoms with E-state index in [1.807, 2.05) is 6.92 Å². The molecule has 0 amide bonds. The van der Waals surface area contributed by atoms with Gasteiger partial charge >= 0.3 is 0 Å². The smallest absolute Gasteiger partial charge is 0.0781 e. The van der Waals surface area contributed by atoms with Gasteiger partial charge in [0.2, 0.25) is 0 Å².